The Bertz CT molecular complexity index is 486. The summed E-state index contributed by atoms with van der Waals surface area (Å²) in [7, 11) is 0. The molecule has 1 aromatic rings. The molecule has 0 aromatic heterocycles. The number of hydrogen-bond acceptors (Lipinski definition) is 2. The maximum absolute atomic E-state index is 10.9. The predicted molar refractivity (Wildman–Crippen MR) is 88.2 cm³/mol. The number of anilines is 1. The summed E-state index contributed by atoms with van der Waals surface area (Å²) in [5.74, 6) is -0.286. The third-order valence-electron chi connectivity index (χ3n) is 4.26. The zero-order valence-corrected chi connectivity index (χ0v) is 13.7. The van der Waals surface area contributed by atoms with Gasteiger partial charge in [0.25, 0.3) is 0 Å². The van der Waals surface area contributed by atoms with E-state index in [2.05, 4.69) is 33.0 Å². The van der Waals surface area contributed by atoms with Crippen LogP contribution < -0.4 is 11.1 Å². The summed E-state index contributed by atoms with van der Waals surface area (Å²) in [6, 6.07) is 8.56. The first-order valence-corrected chi connectivity index (χ1v) is 7.79. The zero-order chi connectivity index (χ0) is 15.7. The number of hydrogen-bond donors (Lipinski definition) is 2. The first kappa shape index (κ1) is 15.9. The molecular weight excluding hydrogens is 260 g/mol. The topological polar surface area (TPSA) is 55.1 Å². The first-order valence-electron chi connectivity index (χ1n) is 7.79. The summed E-state index contributed by atoms with van der Waals surface area (Å²) in [6.07, 6.45) is 3.97. The van der Waals surface area contributed by atoms with Crippen LogP contribution in [0, 0.1) is 10.8 Å². The van der Waals surface area contributed by atoms with E-state index >= 15 is 0 Å². The summed E-state index contributed by atoms with van der Waals surface area (Å²) in [6.45, 7) is 9.44. The van der Waals surface area contributed by atoms with Crippen LogP contribution in [0.1, 0.15) is 52.5 Å². The van der Waals surface area contributed by atoms with Crippen molar-refractivity contribution in [3.05, 3.63) is 29.8 Å². The molecule has 1 aromatic carbocycles. The Labute approximate surface area is 128 Å². The number of nitrogens with two attached hydrogens (primary N) is 1. The average Bonchev–Trinajstić information content (AvgIpc) is 2.26. The Balaban J connectivity index is 2.02. The third kappa shape index (κ3) is 4.76. The van der Waals surface area contributed by atoms with Gasteiger partial charge in [-0.3, -0.25) is 4.79 Å². The smallest absolute Gasteiger partial charge is 0.221 e. The van der Waals surface area contributed by atoms with Gasteiger partial charge in [0.1, 0.15) is 0 Å². The highest BCUT2D eigenvalue weighted by Crippen LogP contribution is 2.46. The molecule has 0 aliphatic heterocycles. The van der Waals surface area contributed by atoms with E-state index in [9.17, 15) is 4.79 Å². The third-order valence-corrected chi connectivity index (χ3v) is 4.26. The van der Waals surface area contributed by atoms with Crippen molar-refractivity contribution in [2.24, 2.45) is 16.6 Å². The Morgan fingerprint density at radius 1 is 1.14 bits per heavy atom. The summed E-state index contributed by atoms with van der Waals surface area (Å²) >= 11 is 0. The number of amides is 1. The lowest BCUT2D eigenvalue weighted by molar-refractivity contribution is -0.117. The predicted octanol–water partition coefficient (Wildman–Crippen LogP) is 3.73. The molecular formula is C18H28N2O. The van der Waals surface area contributed by atoms with Gasteiger partial charge in [0.15, 0.2) is 0 Å². The number of rotatable bonds is 4. The molecule has 3 nitrogen and oxygen atoms in total. The normalized spacial score (nSPS) is 21.0. The first-order chi connectivity index (χ1) is 9.65. The average molecular weight is 288 g/mol. The number of carbonyl (C=O) groups excluding carboxylic acids is 1. The van der Waals surface area contributed by atoms with Crippen molar-refractivity contribution in [3.8, 4) is 0 Å². The minimum atomic E-state index is -0.286. The van der Waals surface area contributed by atoms with Gasteiger partial charge in [0.2, 0.25) is 5.91 Å². The Morgan fingerprint density at radius 3 is 2.14 bits per heavy atom. The van der Waals surface area contributed by atoms with Gasteiger partial charge >= 0.3 is 0 Å². The Morgan fingerprint density at radius 2 is 1.67 bits per heavy atom. The number of benzene rings is 1. The molecule has 21 heavy (non-hydrogen) atoms. The summed E-state index contributed by atoms with van der Waals surface area (Å²) in [5, 5.41) is 3.66. The van der Waals surface area contributed by atoms with Crippen LogP contribution in [0.5, 0.6) is 0 Å². The monoisotopic (exact) mass is 288 g/mol. The minimum Gasteiger partial charge on any atom is -0.382 e. The minimum absolute atomic E-state index is 0.286. The van der Waals surface area contributed by atoms with E-state index in [1.165, 1.54) is 19.3 Å². The summed E-state index contributed by atoms with van der Waals surface area (Å²) < 4.78 is 0. The molecule has 2 rings (SSSR count). The van der Waals surface area contributed by atoms with Crippen LogP contribution in [0.15, 0.2) is 24.3 Å². The van der Waals surface area contributed by atoms with Crippen LogP contribution in [0.25, 0.3) is 0 Å². The fourth-order valence-electron chi connectivity index (χ4n) is 4.10. The van der Waals surface area contributed by atoms with Gasteiger partial charge in [-0.15, -0.1) is 0 Å². The quantitative estimate of drug-likeness (QED) is 0.887. The van der Waals surface area contributed by atoms with E-state index < -0.39 is 0 Å². The molecule has 3 heteroatoms. The van der Waals surface area contributed by atoms with Crippen LogP contribution >= 0.6 is 0 Å². The number of primary amides is 1. The highest BCUT2D eigenvalue weighted by molar-refractivity contribution is 5.76. The van der Waals surface area contributed by atoms with E-state index in [-0.39, 0.29) is 5.91 Å². The van der Waals surface area contributed by atoms with E-state index in [1.54, 1.807) is 0 Å². The van der Waals surface area contributed by atoms with Gasteiger partial charge < -0.3 is 11.1 Å². The molecule has 0 spiro atoms. The van der Waals surface area contributed by atoms with Crippen molar-refractivity contribution in [2.45, 2.75) is 59.4 Å². The van der Waals surface area contributed by atoms with Gasteiger partial charge in [0, 0.05) is 11.7 Å². The SMILES string of the molecule is CC1(C)CC(Nc2ccc(CC(N)=O)cc2)CC(C)(C)C1. The molecule has 1 amide bonds. The standard InChI is InChI=1S/C18H28N2O/c1-17(2)10-15(11-18(3,4)12-17)20-14-7-5-13(6-8-14)9-16(19)21/h5-8,15,20H,9-12H2,1-4H3,(H2,19,21). The van der Waals surface area contributed by atoms with Crippen LogP contribution in [0.2, 0.25) is 0 Å². The van der Waals surface area contributed by atoms with E-state index in [4.69, 9.17) is 5.73 Å². The van der Waals surface area contributed by atoms with Crippen LogP contribution in [0.3, 0.4) is 0 Å². The molecule has 0 saturated heterocycles. The lowest BCUT2D eigenvalue weighted by Crippen LogP contribution is -2.40. The van der Waals surface area contributed by atoms with Crippen molar-refractivity contribution < 1.29 is 4.79 Å². The fourth-order valence-corrected chi connectivity index (χ4v) is 4.10. The van der Waals surface area contributed by atoms with Crippen molar-refractivity contribution in [1.29, 1.82) is 0 Å². The molecule has 0 heterocycles. The molecule has 1 saturated carbocycles. The van der Waals surface area contributed by atoms with Gasteiger partial charge in [-0.05, 0) is 47.8 Å². The highest BCUT2D eigenvalue weighted by atomic mass is 16.1. The van der Waals surface area contributed by atoms with E-state index in [0.29, 0.717) is 23.3 Å². The second-order valence-corrected chi connectivity index (χ2v) is 8.09. The molecule has 0 unspecified atom stereocenters. The second kappa shape index (κ2) is 5.70. The highest BCUT2D eigenvalue weighted by Gasteiger charge is 2.38. The molecule has 0 bridgehead atoms. The van der Waals surface area contributed by atoms with E-state index in [0.717, 1.165) is 11.3 Å². The maximum atomic E-state index is 10.9. The molecule has 1 aliphatic carbocycles. The van der Waals surface area contributed by atoms with Crippen molar-refractivity contribution in [2.75, 3.05) is 5.32 Å². The second-order valence-electron chi connectivity index (χ2n) is 8.09. The Kier molecular flexibility index (Phi) is 4.31. The number of nitrogens with one attached hydrogen (secondary N) is 1. The molecule has 116 valence electrons. The van der Waals surface area contributed by atoms with Gasteiger partial charge in [-0.2, -0.15) is 0 Å². The van der Waals surface area contributed by atoms with Crippen LogP contribution in [-0.2, 0) is 11.2 Å². The maximum Gasteiger partial charge on any atom is 0.221 e. The fraction of sp³-hybridized carbons (Fsp3) is 0.611. The largest absolute Gasteiger partial charge is 0.382 e. The lowest BCUT2D eigenvalue weighted by atomic mass is 9.63. The van der Waals surface area contributed by atoms with Crippen molar-refractivity contribution in [3.63, 3.8) is 0 Å². The van der Waals surface area contributed by atoms with Crippen LogP contribution in [0.4, 0.5) is 5.69 Å². The molecule has 1 fully saturated rings. The van der Waals surface area contributed by atoms with E-state index in [1.807, 2.05) is 24.3 Å². The summed E-state index contributed by atoms with van der Waals surface area (Å²) in [5.41, 5.74) is 8.07. The summed E-state index contributed by atoms with van der Waals surface area (Å²) in [4.78, 5) is 10.9. The van der Waals surface area contributed by atoms with Gasteiger partial charge in [0.05, 0.1) is 6.42 Å². The van der Waals surface area contributed by atoms with Crippen molar-refractivity contribution >= 4 is 11.6 Å². The molecule has 1 aliphatic rings. The van der Waals surface area contributed by atoms with Crippen molar-refractivity contribution in [1.82, 2.24) is 0 Å². The number of carbonyl (C=O) groups is 1. The lowest BCUT2D eigenvalue weighted by Gasteiger charge is -2.45. The Hall–Kier alpha value is -1.51. The van der Waals surface area contributed by atoms with Crippen LogP contribution in [-0.4, -0.2) is 11.9 Å². The van der Waals surface area contributed by atoms with Gasteiger partial charge in [-0.25, -0.2) is 0 Å². The molecule has 0 atom stereocenters. The molecule has 0 radical (unpaired) electrons. The zero-order valence-electron chi connectivity index (χ0n) is 13.7. The van der Waals surface area contributed by atoms with Gasteiger partial charge in [-0.1, -0.05) is 39.8 Å². The molecule has 3 N–H and O–H groups in total.